The molecule has 0 amide bonds. The van der Waals surface area contributed by atoms with Crippen LogP contribution in [0.4, 0.5) is 0 Å². The summed E-state index contributed by atoms with van der Waals surface area (Å²) >= 11 is 11.8. The lowest BCUT2D eigenvalue weighted by molar-refractivity contribution is 0.377. The second kappa shape index (κ2) is 5.44. The highest BCUT2D eigenvalue weighted by molar-refractivity contribution is 6.35. The summed E-state index contributed by atoms with van der Waals surface area (Å²) in [5.41, 5.74) is 0.468. The van der Waals surface area contributed by atoms with Crippen molar-refractivity contribution >= 4 is 23.2 Å². The van der Waals surface area contributed by atoms with Gasteiger partial charge in [-0.3, -0.25) is 0 Å². The van der Waals surface area contributed by atoms with Crippen LogP contribution in [-0.4, -0.2) is 28.7 Å². The second-order valence-corrected chi connectivity index (χ2v) is 4.19. The molecule has 2 aromatic heterocycles. The molecule has 1 N–H and O–H groups in total. The van der Waals surface area contributed by atoms with Crippen LogP contribution in [-0.2, 0) is 6.42 Å². The Morgan fingerprint density at radius 2 is 2.24 bits per heavy atom. The highest BCUT2D eigenvalue weighted by atomic mass is 35.5. The highest BCUT2D eigenvalue weighted by Crippen LogP contribution is 2.25. The fourth-order valence-electron chi connectivity index (χ4n) is 1.26. The molecular formula is C10H10Cl2N4O. The first-order chi connectivity index (χ1) is 8.20. The highest BCUT2D eigenvalue weighted by Gasteiger charge is 2.13. The number of pyridine rings is 1. The van der Waals surface area contributed by atoms with Gasteiger partial charge in [0.15, 0.2) is 0 Å². The predicted octanol–water partition coefficient (Wildman–Crippen LogP) is 2.20. The van der Waals surface area contributed by atoms with Gasteiger partial charge in [0, 0.05) is 19.2 Å². The van der Waals surface area contributed by atoms with E-state index < -0.39 is 0 Å². The Balaban J connectivity index is 2.24. The minimum Gasteiger partial charge on any atom is -0.339 e. The Morgan fingerprint density at radius 1 is 1.41 bits per heavy atom. The summed E-state index contributed by atoms with van der Waals surface area (Å²) in [7, 11) is 1.86. The van der Waals surface area contributed by atoms with E-state index in [4.69, 9.17) is 27.7 Å². The van der Waals surface area contributed by atoms with Crippen molar-refractivity contribution in [1.29, 1.82) is 0 Å². The Labute approximate surface area is 108 Å². The smallest absolute Gasteiger partial charge is 0.228 e. The van der Waals surface area contributed by atoms with Gasteiger partial charge < -0.3 is 9.84 Å². The molecule has 0 atom stereocenters. The van der Waals surface area contributed by atoms with Crippen molar-refractivity contribution in [2.24, 2.45) is 0 Å². The fourth-order valence-corrected chi connectivity index (χ4v) is 1.73. The van der Waals surface area contributed by atoms with Crippen LogP contribution in [0, 0.1) is 0 Å². The van der Waals surface area contributed by atoms with Crippen molar-refractivity contribution in [2.75, 3.05) is 13.6 Å². The minimum absolute atomic E-state index is 0.373. The predicted molar refractivity (Wildman–Crippen MR) is 65.2 cm³/mol. The first-order valence-corrected chi connectivity index (χ1v) is 5.75. The van der Waals surface area contributed by atoms with Crippen molar-refractivity contribution in [2.45, 2.75) is 6.42 Å². The zero-order valence-corrected chi connectivity index (χ0v) is 10.6. The second-order valence-electron chi connectivity index (χ2n) is 3.35. The third-order valence-electron chi connectivity index (χ3n) is 2.08. The van der Waals surface area contributed by atoms with Crippen LogP contribution in [0.3, 0.4) is 0 Å². The van der Waals surface area contributed by atoms with E-state index in [1.807, 2.05) is 7.05 Å². The molecule has 0 spiro atoms. The van der Waals surface area contributed by atoms with Crippen LogP contribution in [0.1, 0.15) is 5.89 Å². The number of hydrogen-bond donors (Lipinski definition) is 1. The SMILES string of the molecule is CNCCc1nc(-c2ncc(Cl)cc2Cl)no1. The Hall–Kier alpha value is -1.17. The van der Waals surface area contributed by atoms with E-state index in [0.29, 0.717) is 33.9 Å². The van der Waals surface area contributed by atoms with Crippen LogP contribution in [0.25, 0.3) is 11.5 Å². The summed E-state index contributed by atoms with van der Waals surface area (Å²) in [6.45, 7) is 0.767. The lowest BCUT2D eigenvalue weighted by Gasteiger charge is -1.97. The average Bonchev–Trinajstić information content (AvgIpc) is 2.75. The molecule has 0 saturated heterocycles. The Kier molecular flexibility index (Phi) is 3.93. The van der Waals surface area contributed by atoms with Gasteiger partial charge in [0.05, 0.1) is 10.0 Å². The first kappa shape index (κ1) is 12.3. The maximum atomic E-state index is 6.00. The molecule has 0 radical (unpaired) electrons. The number of aromatic nitrogens is 3. The van der Waals surface area contributed by atoms with E-state index in [0.717, 1.165) is 6.54 Å². The Bertz CT molecular complexity index is 515. The number of nitrogens with one attached hydrogen (secondary N) is 1. The summed E-state index contributed by atoms with van der Waals surface area (Å²) in [6.07, 6.45) is 2.15. The number of hydrogen-bond acceptors (Lipinski definition) is 5. The van der Waals surface area contributed by atoms with E-state index in [1.54, 1.807) is 6.07 Å². The van der Waals surface area contributed by atoms with Gasteiger partial charge in [-0.05, 0) is 13.1 Å². The number of likely N-dealkylation sites (N-methyl/N-ethyl adjacent to an activating group) is 1. The first-order valence-electron chi connectivity index (χ1n) is 4.99. The zero-order chi connectivity index (χ0) is 12.3. The lowest BCUT2D eigenvalue weighted by Crippen LogP contribution is -2.10. The van der Waals surface area contributed by atoms with Crippen LogP contribution in [0.2, 0.25) is 10.0 Å². The van der Waals surface area contributed by atoms with Crippen molar-refractivity contribution in [1.82, 2.24) is 20.4 Å². The van der Waals surface area contributed by atoms with Crippen molar-refractivity contribution in [3.8, 4) is 11.5 Å². The normalized spacial score (nSPS) is 10.8. The minimum atomic E-state index is 0.373. The molecule has 0 unspecified atom stereocenters. The molecule has 0 aliphatic carbocycles. The molecule has 2 heterocycles. The molecule has 17 heavy (non-hydrogen) atoms. The molecule has 7 heteroatoms. The van der Waals surface area contributed by atoms with Crippen molar-refractivity contribution < 1.29 is 4.52 Å². The molecule has 0 fully saturated rings. The Morgan fingerprint density at radius 3 is 2.94 bits per heavy atom. The third-order valence-corrected chi connectivity index (χ3v) is 2.57. The molecule has 0 aliphatic heterocycles. The molecule has 5 nitrogen and oxygen atoms in total. The van der Waals surface area contributed by atoms with E-state index in [-0.39, 0.29) is 0 Å². The molecule has 90 valence electrons. The topological polar surface area (TPSA) is 63.8 Å². The van der Waals surface area contributed by atoms with Crippen molar-refractivity contribution in [3.05, 3.63) is 28.2 Å². The molecular weight excluding hydrogens is 263 g/mol. The van der Waals surface area contributed by atoms with Gasteiger partial charge in [-0.2, -0.15) is 4.98 Å². The van der Waals surface area contributed by atoms with Gasteiger partial charge in [0.25, 0.3) is 0 Å². The molecule has 0 aromatic carbocycles. The van der Waals surface area contributed by atoms with E-state index >= 15 is 0 Å². The standard InChI is InChI=1S/C10H10Cl2N4O/c1-13-3-2-8-15-10(16-17-8)9-7(12)4-6(11)5-14-9/h4-5,13H,2-3H2,1H3. The zero-order valence-electron chi connectivity index (χ0n) is 9.07. The molecule has 0 aliphatic rings. The summed E-state index contributed by atoms with van der Waals surface area (Å²) in [6, 6.07) is 1.59. The maximum Gasteiger partial charge on any atom is 0.228 e. The van der Waals surface area contributed by atoms with E-state index in [2.05, 4.69) is 20.4 Å². The van der Waals surface area contributed by atoms with Gasteiger partial charge >= 0.3 is 0 Å². The van der Waals surface area contributed by atoms with E-state index in [1.165, 1.54) is 6.20 Å². The molecule has 2 aromatic rings. The lowest BCUT2D eigenvalue weighted by atomic mass is 10.3. The largest absolute Gasteiger partial charge is 0.339 e. The van der Waals surface area contributed by atoms with Gasteiger partial charge in [0.1, 0.15) is 5.69 Å². The number of rotatable bonds is 4. The van der Waals surface area contributed by atoms with Gasteiger partial charge in [-0.1, -0.05) is 28.4 Å². The van der Waals surface area contributed by atoms with Crippen LogP contribution < -0.4 is 5.32 Å². The van der Waals surface area contributed by atoms with Crippen molar-refractivity contribution in [3.63, 3.8) is 0 Å². The molecule has 0 saturated carbocycles. The van der Waals surface area contributed by atoms with Crippen LogP contribution in [0.15, 0.2) is 16.8 Å². The molecule has 0 bridgehead atoms. The third kappa shape index (κ3) is 2.94. The van der Waals surface area contributed by atoms with Crippen LogP contribution in [0.5, 0.6) is 0 Å². The number of nitrogens with zero attached hydrogens (tertiary/aromatic N) is 3. The van der Waals surface area contributed by atoms with Gasteiger partial charge in [0.2, 0.25) is 11.7 Å². The maximum absolute atomic E-state index is 6.00. The van der Waals surface area contributed by atoms with Crippen LogP contribution >= 0.6 is 23.2 Å². The van der Waals surface area contributed by atoms with Gasteiger partial charge in [-0.15, -0.1) is 0 Å². The van der Waals surface area contributed by atoms with Gasteiger partial charge in [-0.25, -0.2) is 4.98 Å². The average molecular weight is 273 g/mol. The fraction of sp³-hybridized carbons (Fsp3) is 0.300. The summed E-state index contributed by atoms with van der Waals surface area (Å²) in [5.74, 6) is 0.917. The number of halogens is 2. The quantitative estimate of drug-likeness (QED) is 0.925. The summed E-state index contributed by atoms with van der Waals surface area (Å²) in [4.78, 5) is 8.28. The van der Waals surface area contributed by atoms with E-state index in [9.17, 15) is 0 Å². The summed E-state index contributed by atoms with van der Waals surface area (Å²) < 4.78 is 5.07. The monoisotopic (exact) mass is 272 g/mol. The molecule has 2 rings (SSSR count). The summed E-state index contributed by atoms with van der Waals surface area (Å²) in [5, 5.41) is 7.69.